The molecule has 4 aromatic heterocycles. The number of imidazole rings is 1. The van der Waals surface area contributed by atoms with Gasteiger partial charge in [-0.15, -0.1) is 0 Å². The molecule has 4 rings (SSSR count). The van der Waals surface area contributed by atoms with E-state index in [-0.39, 0.29) is 11.1 Å². The Morgan fingerprint density at radius 3 is 2.57 bits per heavy atom. The zero-order chi connectivity index (χ0) is 21.5. The first-order valence-electron chi connectivity index (χ1n) is 8.87. The lowest BCUT2D eigenvalue weighted by atomic mass is 10.1. The minimum atomic E-state index is -4.64. The van der Waals surface area contributed by atoms with E-state index in [1.165, 1.54) is 27.5 Å². The van der Waals surface area contributed by atoms with Crippen molar-refractivity contribution in [2.45, 2.75) is 12.7 Å². The Morgan fingerprint density at radius 2 is 1.83 bits per heavy atom. The van der Waals surface area contributed by atoms with E-state index in [0.29, 0.717) is 35.7 Å². The maximum Gasteiger partial charge on any atom is 0.419 e. The second kappa shape index (κ2) is 7.26. The summed E-state index contributed by atoms with van der Waals surface area (Å²) in [5.41, 5.74) is 11.8. The molecule has 0 aromatic carbocycles. The minimum Gasteiger partial charge on any atom is -0.383 e. The van der Waals surface area contributed by atoms with Crippen molar-refractivity contribution in [2.75, 3.05) is 12.3 Å². The number of halogens is 3. The third-order valence-electron chi connectivity index (χ3n) is 4.53. The molecule has 0 saturated carbocycles. The number of anilines is 1. The van der Waals surface area contributed by atoms with Crippen molar-refractivity contribution in [3.63, 3.8) is 0 Å². The number of fused-ring (bicyclic) bond motifs is 1. The molecule has 0 aliphatic carbocycles. The topological polar surface area (TPSA) is 117 Å². The van der Waals surface area contributed by atoms with Crippen LogP contribution < -0.4 is 17.0 Å². The van der Waals surface area contributed by atoms with Gasteiger partial charge in [0.2, 0.25) is 0 Å². The third kappa shape index (κ3) is 3.50. The maximum atomic E-state index is 13.2. The summed E-state index contributed by atoms with van der Waals surface area (Å²) in [5.74, 6) is -0.601. The van der Waals surface area contributed by atoms with E-state index in [1.54, 1.807) is 24.4 Å². The van der Waals surface area contributed by atoms with E-state index >= 15 is 0 Å². The number of nitrogens with zero attached hydrogens (tertiary/aromatic N) is 5. The fourth-order valence-corrected chi connectivity index (χ4v) is 3.06. The van der Waals surface area contributed by atoms with E-state index < -0.39 is 17.6 Å². The van der Waals surface area contributed by atoms with E-state index in [9.17, 15) is 18.0 Å². The molecule has 0 atom stereocenters. The molecule has 0 bridgehead atoms. The van der Waals surface area contributed by atoms with Crippen molar-refractivity contribution in [3.8, 4) is 22.5 Å². The maximum absolute atomic E-state index is 13.2. The number of aromatic nitrogens is 5. The van der Waals surface area contributed by atoms with Crippen LogP contribution in [0.25, 0.3) is 28.2 Å². The molecule has 0 aliphatic heterocycles. The summed E-state index contributed by atoms with van der Waals surface area (Å²) in [6, 6.07) is 7.33. The summed E-state index contributed by atoms with van der Waals surface area (Å²) in [6.07, 6.45) is -0.353. The van der Waals surface area contributed by atoms with E-state index in [1.807, 2.05) is 0 Å². The lowest BCUT2D eigenvalue weighted by Crippen LogP contribution is -2.22. The molecule has 0 aliphatic rings. The Hall–Kier alpha value is -3.73. The fourth-order valence-electron chi connectivity index (χ4n) is 3.06. The van der Waals surface area contributed by atoms with Gasteiger partial charge in [-0.1, -0.05) is 0 Å². The smallest absolute Gasteiger partial charge is 0.383 e. The molecular formula is C19H16F3N7O. The van der Waals surface area contributed by atoms with Gasteiger partial charge in [0, 0.05) is 42.7 Å². The molecule has 0 spiro atoms. The molecule has 30 heavy (non-hydrogen) atoms. The minimum absolute atomic E-state index is 0.168. The summed E-state index contributed by atoms with van der Waals surface area (Å²) in [5, 5.41) is 4.49. The summed E-state index contributed by atoms with van der Waals surface area (Å²) >= 11 is 0. The van der Waals surface area contributed by atoms with Crippen LogP contribution in [0.1, 0.15) is 5.56 Å². The molecule has 11 heteroatoms. The van der Waals surface area contributed by atoms with Crippen molar-refractivity contribution in [1.82, 2.24) is 24.1 Å². The number of alkyl halides is 3. The molecule has 4 N–H and O–H groups in total. The largest absolute Gasteiger partial charge is 0.419 e. The Morgan fingerprint density at radius 1 is 1.03 bits per heavy atom. The van der Waals surface area contributed by atoms with Gasteiger partial charge in [-0.05, 0) is 24.3 Å². The van der Waals surface area contributed by atoms with Gasteiger partial charge in [-0.25, -0.2) is 14.5 Å². The predicted octanol–water partition coefficient (Wildman–Crippen LogP) is 2.18. The molecule has 0 saturated heterocycles. The van der Waals surface area contributed by atoms with Crippen molar-refractivity contribution in [3.05, 3.63) is 64.8 Å². The lowest BCUT2D eigenvalue weighted by Gasteiger charge is -2.11. The van der Waals surface area contributed by atoms with Crippen molar-refractivity contribution >= 4 is 11.5 Å². The van der Waals surface area contributed by atoms with Gasteiger partial charge < -0.3 is 16.0 Å². The third-order valence-corrected chi connectivity index (χ3v) is 4.53. The molecule has 4 heterocycles. The zero-order valence-electron chi connectivity index (χ0n) is 15.5. The van der Waals surface area contributed by atoms with Gasteiger partial charge in [-0.3, -0.25) is 4.79 Å². The molecular weight excluding hydrogens is 399 g/mol. The highest BCUT2D eigenvalue weighted by molar-refractivity contribution is 5.67. The number of hydrogen-bond acceptors (Lipinski definition) is 6. The number of pyridine rings is 2. The highest BCUT2D eigenvalue weighted by Gasteiger charge is 2.34. The van der Waals surface area contributed by atoms with Crippen molar-refractivity contribution in [2.24, 2.45) is 5.73 Å². The van der Waals surface area contributed by atoms with Crippen LogP contribution >= 0.6 is 0 Å². The van der Waals surface area contributed by atoms with Crippen molar-refractivity contribution < 1.29 is 13.2 Å². The molecule has 4 aromatic rings. The first kappa shape index (κ1) is 19.6. The first-order chi connectivity index (χ1) is 14.3. The van der Waals surface area contributed by atoms with E-state index in [0.717, 1.165) is 6.07 Å². The second-order valence-electron chi connectivity index (χ2n) is 6.52. The van der Waals surface area contributed by atoms with Gasteiger partial charge >= 0.3 is 6.18 Å². The number of nitrogen functional groups attached to an aromatic ring is 1. The molecule has 0 amide bonds. The quantitative estimate of drug-likeness (QED) is 0.528. The summed E-state index contributed by atoms with van der Waals surface area (Å²) in [6.45, 7) is 0.649. The Bertz CT molecular complexity index is 1290. The average molecular weight is 415 g/mol. The molecule has 154 valence electrons. The molecule has 0 fully saturated rings. The van der Waals surface area contributed by atoms with Gasteiger partial charge in [0.1, 0.15) is 5.82 Å². The van der Waals surface area contributed by atoms with Crippen LogP contribution in [-0.4, -0.2) is 30.7 Å². The summed E-state index contributed by atoms with van der Waals surface area (Å²) < 4.78 is 42.5. The molecule has 0 unspecified atom stereocenters. The van der Waals surface area contributed by atoms with Crippen LogP contribution in [0.15, 0.2) is 53.7 Å². The van der Waals surface area contributed by atoms with Crippen LogP contribution in [0.4, 0.5) is 19.0 Å². The summed E-state index contributed by atoms with van der Waals surface area (Å²) in [7, 11) is 0. The Balaban J connectivity index is 1.84. The van der Waals surface area contributed by atoms with E-state index in [2.05, 4.69) is 15.1 Å². The van der Waals surface area contributed by atoms with Gasteiger partial charge in [0.15, 0.2) is 5.65 Å². The number of nitrogens with two attached hydrogens (primary N) is 2. The number of rotatable bonds is 4. The monoisotopic (exact) mass is 415 g/mol. The fraction of sp³-hybridized carbons (Fsp3) is 0.158. The Labute approximate surface area is 167 Å². The first-order valence-corrected chi connectivity index (χ1v) is 8.87. The standard InChI is InChI=1S/C19H16F3N7O/c20-19(21,22)13-7-12(8-26-18(13)24)15-9-25-16-3-2-14(27-29(15)16)11-1-4-17(30)28(10-11)6-5-23/h1-4,7-10H,5-6,23H2,(H2,24,26). The van der Waals surface area contributed by atoms with Crippen LogP contribution in [0.2, 0.25) is 0 Å². The van der Waals surface area contributed by atoms with Crippen LogP contribution in [0, 0.1) is 0 Å². The number of hydrogen-bond donors (Lipinski definition) is 2. The summed E-state index contributed by atoms with van der Waals surface area (Å²) in [4.78, 5) is 19.8. The lowest BCUT2D eigenvalue weighted by molar-refractivity contribution is -0.137. The predicted molar refractivity (Wildman–Crippen MR) is 104 cm³/mol. The van der Waals surface area contributed by atoms with Crippen LogP contribution in [-0.2, 0) is 12.7 Å². The molecule has 8 nitrogen and oxygen atoms in total. The zero-order valence-corrected chi connectivity index (χ0v) is 15.5. The van der Waals surface area contributed by atoms with Crippen molar-refractivity contribution in [1.29, 1.82) is 0 Å². The highest BCUT2D eigenvalue weighted by atomic mass is 19.4. The SMILES string of the molecule is NCCn1cc(-c2ccc3ncc(-c4cnc(N)c(C(F)(F)F)c4)n3n2)ccc1=O. The Kier molecular flexibility index (Phi) is 4.74. The highest BCUT2D eigenvalue weighted by Crippen LogP contribution is 2.35. The van der Waals surface area contributed by atoms with E-state index in [4.69, 9.17) is 11.5 Å². The second-order valence-corrected chi connectivity index (χ2v) is 6.52. The van der Waals surface area contributed by atoms with Gasteiger partial charge in [0.05, 0.1) is 23.1 Å². The molecule has 0 radical (unpaired) electrons. The van der Waals surface area contributed by atoms with Crippen LogP contribution in [0.3, 0.4) is 0 Å². The van der Waals surface area contributed by atoms with Gasteiger partial charge in [-0.2, -0.15) is 18.3 Å². The normalized spacial score (nSPS) is 11.9. The average Bonchev–Trinajstić information content (AvgIpc) is 3.12. The van der Waals surface area contributed by atoms with Crippen LogP contribution in [0.5, 0.6) is 0 Å². The van der Waals surface area contributed by atoms with Gasteiger partial charge in [0.25, 0.3) is 5.56 Å².